The number of sulfonamides is 1. The molecular weight excluding hydrogens is 442 g/mol. The predicted molar refractivity (Wildman–Crippen MR) is 113 cm³/mol. The molecule has 8 nitrogen and oxygen atoms in total. The molecule has 0 unspecified atom stereocenters. The number of carbonyl (C=O) groups is 3. The number of carbonyl (C=O) groups excluding carboxylic acids is 3. The number of halogens is 1. The van der Waals surface area contributed by atoms with Gasteiger partial charge in [-0.05, 0) is 37.1 Å². The van der Waals surface area contributed by atoms with Crippen LogP contribution in [0.3, 0.4) is 0 Å². The Hall–Kier alpha value is -2.23. The molecule has 2 fully saturated rings. The zero-order valence-corrected chi connectivity index (χ0v) is 18.5. The molecule has 3 aliphatic rings. The van der Waals surface area contributed by atoms with Gasteiger partial charge in [0.05, 0.1) is 16.7 Å². The fourth-order valence-electron chi connectivity index (χ4n) is 4.39. The number of hydrogen-bond donors (Lipinski definition) is 0. The lowest BCUT2D eigenvalue weighted by Crippen LogP contribution is -2.51. The first-order valence-corrected chi connectivity index (χ1v) is 12.1. The highest BCUT2D eigenvalue weighted by atomic mass is 35.5. The van der Waals surface area contributed by atoms with Gasteiger partial charge in [-0.25, -0.2) is 8.42 Å². The van der Waals surface area contributed by atoms with E-state index in [-0.39, 0.29) is 73.6 Å². The first-order chi connectivity index (χ1) is 14.8. The summed E-state index contributed by atoms with van der Waals surface area (Å²) < 4.78 is 26.9. The number of allylic oxidation sites excluding steroid dienone is 2. The Morgan fingerprint density at radius 3 is 2.03 bits per heavy atom. The van der Waals surface area contributed by atoms with Gasteiger partial charge in [-0.2, -0.15) is 4.31 Å². The van der Waals surface area contributed by atoms with Gasteiger partial charge in [0.15, 0.2) is 0 Å². The van der Waals surface area contributed by atoms with E-state index in [1.807, 2.05) is 12.2 Å². The molecule has 31 heavy (non-hydrogen) atoms. The fraction of sp³-hybridized carbons (Fsp3) is 0.476. The van der Waals surface area contributed by atoms with Crippen LogP contribution in [0.5, 0.6) is 0 Å². The second-order valence-electron chi connectivity index (χ2n) is 7.97. The minimum atomic E-state index is -3.65. The fourth-order valence-corrected chi connectivity index (χ4v) is 5.94. The number of hydrogen-bond acceptors (Lipinski definition) is 5. The molecule has 2 atom stereocenters. The number of likely N-dealkylation sites (tertiary alicyclic amines) is 1. The van der Waals surface area contributed by atoms with Crippen LogP contribution in [0.4, 0.5) is 0 Å². The standard InChI is InChI=1S/C21H24ClN3O5S/c22-15-5-7-16(8-6-15)31(29,30)24-13-11-23(12-14-24)19(26)9-10-25-20(27)17-3-1-2-4-18(17)21(25)28/h1-2,5-8,17-18H,3-4,9-14H2/t17-,18-/m0/s1. The summed E-state index contributed by atoms with van der Waals surface area (Å²) in [6.45, 7) is 0.987. The second-order valence-corrected chi connectivity index (χ2v) is 10.3. The maximum absolute atomic E-state index is 12.8. The average Bonchev–Trinajstić information content (AvgIpc) is 3.02. The highest BCUT2D eigenvalue weighted by Gasteiger charge is 2.47. The lowest BCUT2D eigenvalue weighted by atomic mass is 9.85. The molecular formula is C21H24ClN3O5S. The van der Waals surface area contributed by atoms with Gasteiger partial charge >= 0.3 is 0 Å². The van der Waals surface area contributed by atoms with E-state index < -0.39 is 10.0 Å². The highest BCUT2D eigenvalue weighted by Crippen LogP contribution is 2.35. The van der Waals surface area contributed by atoms with Crippen LogP contribution in [0.25, 0.3) is 0 Å². The van der Waals surface area contributed by atoms with E-state index in [1.54, 1.807) is 4.90 Å². The maximum Gasteiger partial charge on any atom is 0.243 e. The van der Waals surface area contributed by atoms with Crippen LogP contribution in [0.1, 0.15) is 19.3 Å². The van der Waals surface area contributed by atoms with Gasteiger partial charge in [-0.1, -0.05) is 23.8 Å². The Morgan fingerprint density at radius 2 is 1.48 bits per heavy atom. The van der Waals surface area contributed by atoms with Crippen molar-refractivity contribution in [3.8, 4) is 0 Å². The number of imide groups is 1. The van der Waals surface area contributed by atoms with Gasteiger partial charge in [0.25, 0.3) is 0 Å². The normalized spacial score (nSPS) is 24.5. The summed E-state index contributed by atoms with van der Waals surface area (Å²) in [7, 11) is -3.65. The van der Waals surface area contributed by atoms with Gasteiger partial charge in [0.1, 0.15) is 0 Å². The summed E-state index contributed by atoms with van der Waals surface area (Å²) >= 11 is 5.83. The first kappa shape index (κ1) is 22.0. The van der Waals surface area contributed by atoms with E-state index in [4.69, 9.17) is 11.6 Å². The van der Waals surface area contributed by atoms with Crippen LogP contribution in [0.2, 0.25) is 5.02 Å². The Morgan fingerprint density at radius 1 is 0.935 bits per heavy atom. The van der Waals surface area contributed by atoms with Gasteiger partial charge in [0.2, 0.25) is 27.7 Å². The van der Waals surface area contributed by atoms with Crippen LogP contribution in [-0.2, 0) is 24.4 Å². The largest absolute Gasteiger partial charge is 0.340 e. The van der Waals surface area contributed by atoms with Crippen LogP contribution in [0.15, 0.2) is 41.3 Å². The van der Waals surface area contributed by atoms with Crippen molar-refractivity contribution in [3.05, 3.63) is 41.4 Å². The first-order valence-electron chi connectivity index (χ1n) is 10.3. The van der Waals surface area contributed by atoms with Crippen molar-refractivity contribution in [2.75, 3.05) is 32.7 Å². The lowest BCUT2D eigenvalue weighted by molar-refractivity contribution is -0.141. The molecule has 0 bridgehead atoms. The van der Waals surface area contributed by atoms with Crippen LogP contribution in [-0.4, -0.2) is 73.0 Å². The Bertz CT molecular complexity index is 990. The van der Waals surface area contributed by atoms with E-state index in [1.165, 1.54) is 33.5 Å². The third-order valence-corrected chi connectivity index (χ3v) is 8.36. The Kier molecular flexibility index (Phi) is 6.18. The number of benzene rings is 1. The van der Waals surface area contributed by atoms with Crippen molar-refractivity contribution in [2.45, 2.75) is 24.2 Å². The molecule has 4 rings (SSSR count). The van der Waals surface area contributed by atoms with Gasteiger partial charge in [0, 0.05) is 44.2 Å². The van der Waals surface area contributed by atoms with Crippen LogP contribution < -0.4 is 0 Å². The van der Waals surface area contributed by atoms with Crippen LogP contribution in [0, 0.1) is 11.8 Å². The molecule has 1 aromatic rings. The molecule has 2 saturated heterocycles. The summed E-state index contributed by atoms with van der Waals surface area (Å²) in [4.78, 5) is 40.6. The molecule has 0 radical (unpaired) electrons. The Labute approximate surface area is 186 Å². The summed E-state index contributed by atoms with van der Waals surface area (Å²) in [5.41, 5.74) is 0. The van der Waals surface area contributed by atoms with Crippen molar-refractivity contribution < 1.29 is 22.8 Å². The van der Waals surface area contributed by atoms with Crippen molar-refractivity contribution >= 4 is 39.3 Å². The van der Waals surface area contributed by atoms with E-state index >= 15 is 0 Å². The molecule has 1 aromatic carbocycles. The van der Waals surface area contributed by atoms with E-state index in [9.17, 15) is 22.8 Å². The molecule has 3 amide bonds. The number of nitrogens with zero attached hydrogens (tertiary/aromatic N) is 3. The molecule has 0 saturated carbocycles. The van der Waals surface area contributed by atoms with Crippen molar-refractivity contribution in [2.24, 2.45) is 11.8 Å². The summed E-state index contributed by atoms with van der Waals surface area (Å²) in [6, 6.07) is 5.99. The van der Waals surface area contributed by atoms with Crippen LogP contribution >= 0.6 is 11.6 Å². The molecule has 0 spiro atoms. The van der Waals surface area contributed by atoms with Crippen molar-refractivity contribution in [1.29, 1.82) is 0 Å². The monoisotopic (exact) mass is 465 g/mol. The van der Waals surface area contributed by atoms with E-state index in [2.05, 4.69) is 0 Å². The summed E-state index contributed by atoms with van der Waals surface area (Å²) in [6.07, 6.45) is 5.05. The van der Waals surface area contributed by atoms with E-state index in [0.717, 1.165) is 0 Å². The topological polar surface area (TPSA) is 95.1 Å². The van der Waals surface area contributed by atoms with Gasteiger partial charge < -0.3 is 4.90 Å². The molecule has 1 aliphatic carbocycles. The lowest BCUT2D eigenvalue weighted by Gasteiger charge is -2.34. The third-order valence-electron chi connectivity index (χ3n) is 6.19. The Balaban J connectivity index is 1.30. The maximum atomic E-state index is 12.8. The third kappa shape index (κ3) is 4.26. The zero-order valence-electron chi connectivity index (χ0n) is 16.9. The quantitative estimate of drug-likeness (QED) is 0.485. The average molecular weight is 466 g/mol. The van der Waals surface area contributed by atoms with Crippen molar-refractivity contribution in [1.82, 2.24) is 14.1 Å². The minimum Gasteiger partial charge on any atom is -0.340 e. The molecule has 10 heteroatoms. The van der Waals surface area contributed by atoms with Gasteiger partial charge in [-0.15, -0.1) is 0 Å². The number of amides is 3. The van der Waals surface area contributed by atoms with Gasteiger partial charge in [-0.3, -0.25) is 19.3 Å². The SMILES string of the molecule is O=C(CCN1C(=O)[C@H]2CC=CC[C@@H]2C1=O)N1CCN(S(=O)(=O)c2ccc(Cl)cc2)CC1. The number of rotatable bonds is 5. The summed E-state index contributed by atoms with van der Waals surface area (Å²) in [5.74, 6) is -1.15. The zero-order chi connectivity index (χ0) is 22.2. The second kappa shape index (κ2) is 8.72. The van der Waals surface area contributed by atoms with Crippen molar-refractivity contribution in [3.63, 3.8) is 0 Å². The summed E-state index contributed by atoms with van der Waals surface area (Å²) in [5, 5.41) is 0.458. The van der Waals surface area contributed by atoms with E-state index in [0.29, 0.717) is 17.9 Å². The number of fused-ring (bicyclic) bond motifs is 1. The predicted octanol–water partition coefficient (Wildman–Crippen LogP) is 1.51. The number of piperazine rings is 1. The molecule has 0 aromatic heterocycles. The minimum absolute atomic E-state index is 0.0499. The molecule has 0 N–H and O–H groups in total. The molecule has 2 aliphatic heterocycles. The highest BCUT2D eigenvalue weighted by molar-refractivity contribution is 7.89. The molecule has 166 valence electrons. The molecule has 2 heterocycles. The smallest absolute Gasteiger partial charge is 0.243 e.